The fraction of sp³-hybridized carbons (Fsp3) is 0.250. The van der Waals surface area contributed by atoms with E-state index in [0.29, 0.717) is 5.69 Å². The summed E-state index contributed by atoms with van der Waals surface area (Å²) in [5, 5.41) is 11.6. The van der Waals surface area contributed by atoms with Crippen molar-refractivity contribution in [3.8, 4) is 0 Å². The molecule has 110 valence electrons. The molecule has 21 heavy (non-hydrogen) atoms. The van der Waals surface area contributed by atoms with Crippen molar-refractivity contribution >= 4 is 17.6 Å². The second-order valence-corrected chi connectivity index (χ2v) is 5.72. The molecular formula is C16H17NO4. The Balaban J connectivity index is 2.25. The van der Waals surface area contributed by atoms with Crippen molar-refractivity contribution in [1.29, 1.82) is 0 Å². The molecule has 0 aliphatic carbocycles. The number of aromatic carboxylic acids is 1. The third-order valence-electron chi connectivity index (χ3n) is 3.02. The number of carboxylic acids is 1. The SMILES string of the molecule is CC(C)(C)c1ccccc1NC(=O)c1ccc(C(=O)O)o1. The zero-order chi connectivity index (χ0) is 15.6. The standard InChI is InChI=1S/C16H17NO4/c1-16(2,3)10-6-4-5-7-11(10)17-14(18)12-8-9-13(21-12)15(19)20/h4-9H,1-3H3,(H,17,18)(H,19,20). The molecule has 0 aliphatic rings. The molecule has 5 heteroatoms. The van der Waals surface area contributed by atoms with Crippen LogP contribution in [0.25, 0.3) is 0 Å². The summed E-state index contributed by atoms with van der Waals surface area (Å²) < 4.78 is 4.99. The number of hydrogen-bond donors (Lipinski definition) is 2. The molecule has 1 aromatic heterocycles. The first-order valence-electron chi connectivity index (χ1n) is 6.53. The van der Waals surface area contributed by atoms with Crippen molar-refractivity contribution in [2.24, 2.45) is 0 Å². The number of anilines is 1. The highest BCUT2D eigenvalue weighted by atomic mass is 16.4. The van der Waals surface area contributed by atoms with Gasteiger partial charge in [-0.2, -0.15) is 0 Å². The lowest BCUT2D eigenvalue weighted by Gasteiger charge is -2.22. The number of carbonyl (C=O) groups is 2. The Morgan fingerprint density at radius 1 is 1.05 bits per heavy atom. The van der Waals surface area contributed by atoms with E-state index in [2.05, 4.69) is 5.32 Å². The second-order valence-electron chi connectivity index (χ2n) is 5.72. The molecule has 0 saturated heterocycles. The highest BCUT2D eigenvalue weighted by Crippen LogP contribution is 2.29. The molecule has 5 nitrogen and oxygen atoms in total. The number of hydrogen-bond acceptors (Lipinski definition) is 3. The summed E-state index contributed by atoms with van der Waals surface area (Å²) in [5.74, 6) is -1.97. The smallest absolute Gasteiger partial charge is 0.371 e. The van der Waals surface area contributed by atoms with E-state index in [0.717, 1.165) is 5.56 Å². The molecule has 2 aromatic rings. The Morgan fingerprint density at radius 2 is 1.67 bits per heavy atom. The second kappa shape index (κ2) is 5.44. The van der Waals surface area contributed by atoms with Crippen molar-refractivity contribution in [1.82, 2.24) is 0 Å². The number of para-hydroxylation sites is 1. The molecule has 1 heterocycles. The molecule has 0 atom stereocenters. The maximum absolute atomic E-state index is 12.1. The van der Waals surface area contributed by atoms with Gasteiger partial charge in [0.2, 0.25) is 5.76 Å². The van der Waals surface area contributed by atoms with E-state index in [1.165, 1.54) is 12.1 Å². The van der Waals surface area contributed by atoms with Crippen molar-refractivity contribution < 1.29 is 19.1 Å². The minimum Gasteiger partial charge on any atom is -0.475 e. The van der Waals surface area contributed by atoms with E-state index in [1.54, 1.807) is 6.07 Å². The van der Waals surface area contributed by atoms with Crippen LogP contribution in [0.1, 0.15) is 47.4 Å². The molecule has 0 fully saturated rings. The Labute approximate surface area is 122 Å². The van der Waals surface area contributed by atoms with E-state index >= 15 is 0 Å². The molecule has 0 aliphatic heterocycles. The summed E-state index contributed by atoms with van der Waals surface area (Å²) in [5.41, 5.74) is 1.55. The molecule has 2 N–H and O–H groups in total. The Hall–Kier alpha value is -2.56. The van der Waals surface area contributed by atoms with E-state index in [4.69, 9.17) is 9.52 Å². The molecular weight excluding hydrogens is 270 g/mol. The highest BCUT2D eigenvalue weighted by Gasteiger charge is 2.20. The van der Waals surface area contributed by atoms with Gasteiger partial charge in [0.15, 0.2) is 5.76 Å². The maximum Gasteiger partial charge on any atom is 0.371 e. The van der Waals surface area contributed by atoms with E-state index in [1.807, 2.05) is 39.0 Å². The predicted octanol–water partition coefficient (Wildman–Crippen LogP) is 3.53. The van der Waals surface area contributed by atoms with Gasteiger partial charge < -0.3 is 14.8 Å². The number of benzene rings is 1. The first-order chi connectivity index (χ1) is 9.79. The van der Waals surface area contributed by atoms with Crippen LogP contribution >= 0.6 is 0 Å². The van der Waals surface area contributed by atoms with Crippen LogP contribution in [-0.2, 0) is 5.41 Å². The average molecular weight is 287 g/mol. The number of furan rings is 1. The maximum atomic E-state index is 12.1. The van der Waals surface area contributed by atoms with E-state index in [-0.39, 0.29) is 16.9 Å². The van der Waals surface area contributed by atoms with Crippen molar-refractivity contribution in [2.75, 3.05) is 5.32 Å². The fourth-order valence-corrected chi connectivity index (χ4v) is 2.00. The lowest BCUT2D eigenvalue weighted by molar-refractivity contribution is 0.0660. The van der Waals surface area contributed by atoms with E-state index < -0.39 is 11.9 Å². The third-order valence-corrected chi connectivity index (χ3v) is 3.02. The largest absolute Gasteiger partial charge is 0.475 e. The first kappa shape index (κ1) is 14.8. The van der Waals surface area contributed by atoms with Gasteiger partial charge in [0, 0.05) is 5.69 Å². The van der Waals surface area contributed by atoms with Gasteiger partial charge in [0.05, 0.1) is 0 Å². The molecule has 0 bridgehead atoms. The summed E-state index contributed by atoms with van der Waals surface area (Å²) in [6.07, 6.45) is 0. The summed E-state index contributed by atoms with van der Waals surface area (Å²) >= 11 is 0. The van der Waals surface area contributed by atoms with Gasteiger partial charge in [-0.1, -0.05) is 39.0 Å². The number of carboxylic acid groups (broad SMARTS) is 1. The Kier molecular flexibility index (Phi) is 3.84. The Bertz CT molecular complexity index is 680. The van der Waals surface area contributed by atoms with Crippen LogP contribution in [0.4, 0.5) is 5.69 Å². The zero-order valence-corrected chi connectivity index (χ0v) is 12.1. The van der Waals surface area contributed by atoms with Crippen LogP contribution in [0.3, 0.4) is 0 Å². The molecule has 1 amide bonds. The number of nitrogens with one attached hydrogen (secondary N) is 1. The fourth-order valence-electron chi connectivity index (χ4n) is 2.00. The molecule has 2 rings (SSSR count). The quantitative estimate of drug-likeness (QED) is 0.905. The molecule has 1 aromatic carbocycles. The summed E-state index contributed by atoms with van der Waals surface area (Å²) in [6.45, 7) is 6.15. The predicted molar refractivity (Wildman–Crippen MR) is 78.8 cm³/mol. The minimum atomic E-state index is -1.20. The van der Waals surface area contributed by atoms with Crippen LogP contribution < -0.4 is 5.32 Å². The summed E-state index contributed by atoms with van der Waals surface area (Å²) in [6, 6.07) is 10.1. The summed E-state index contributed by atoms with van der Waals surface area (Å²) in [4.78, 5) is 22.9. The molecule has 0 saturated carbocycles. The van der Waals surface area contributed by atoms with Gasteiger partial charge in [-0.05, 0) is 29.2 Å². The zero-order valence-electron chi connectivity index (χ0n) is 12.1. The highest BCUT2D eigenvalue weighted by molar-refractivity contribution is 6.03. The van der Waals surface area contributed by atoms with Gasteiger partial charge in [0.1, 0.15) is 0 Å². The Morgan fingerprint density at radius 3 is 2.24 bits per heavy atom. The van der Waals surface area contributed by atoms with Crippen LogP contribution in [0, 0.1) is 0 Å². The van der Waals surface area contributed by atoms with Crippen molar-refractivity contribution in [2.45, 2.75) is 26.2 Å². The normalized spacial score (nSPS) is 11.2. The van der Waals surface area contributed by atoms with Crippen LogP contribution in [0.2, 0.25) is 0 Å². The van der Waals surface area contributed by atoms with Crippen LogP contribution in [-0.4, -0.2) is 17.0 Å². The lowest BCUT2D eigenvalue weighted by Crippen LogP contribution is -2.18. The van der Waals surface area contributed by atoms with Gasteiger partial charge in [-0.3, -0.25) is 4.79 Å². The van der Waals surface area contributed by atoms with Gasteiger partial charge in [-0.25, -0.2) is 4.79 Å². The van der Waals surface area contributed by atoms with Gasteiger partial charge in [0.25, 0.3) is 5.91 Å². The molecule has 0 spiro atoms. The number of amides is 1. The van der Waals surface area contributed by atoms with Gasteiger partial charge >= 0.3 is 5.97 Å². The molecule has 0 radical (unpaired) electrons. The van der Waals surface area contributed by atoms with Crippen molar-refractivity contribution in [3.63, 3.8) is 0 Å². The number of rotatable bonds is 3. The number of carbonyl (C=O) groups excluding carboxylic acids is 1. The molecule has 0 unspecified atom stereocenters. The first-order valence-corrected chi connectivity index (χ1v) is 6.53. The summed E-state index contributed by atoms with van der Waals surface area (Å²) in [7, 11) is 0. The van der Waals surface area contributed by atoms with Crippen LogP contribution in [0.5, 0.6) is 0 Å². The van der Waals surface area contributed by atoms with Crippen molar-refractivity contribution in [3.05, 3.63) is 53.5 Å². The lowest BCUT2D eigenvalue weighted by atomic mass is 9.86. The van der Waals surface area contributed by atoms with E-state index in [9.17, 15) is 9.59 Å². The average Bonchev–Trinajstić information content (AvgIpc) is 2.88. The monoisotopic (exact) mass is 287 g/mol. The van der Waals surface area contributed by atoms with Gasteiger partial charge in [-0.15, -0.1) is 0 Å². The topological polar surface area (TPSA) is 79.5 Å². The third kappa shape index (κ3) is 3.31. The minimum absolute atomic E-state index is 0.0314. The van der Waals surface area contributed by atoms with Crippen LogP contribution in [0.15, 0.2) is 40.8 Å².